The molecule has 0 bridgehead atoms. The molecule has 2 rings (SSSR count). The van der Waals surface area contributed by atoms with Crippen LogP contribution in [-0.2, 0) is 6.42 Å². The van der Waals surface area contributed by atoms with Crippen LogP contribution < -0.4 is 4.74 Å². The van der Waals surface area contributed by atoms with E-state index in [-0.39, 0.29) is 37.7 Å². The van der Waals surface area contributed by atoms with Crippen molar-refractivity contribution in [2.24, 2.45) is 0 Å². The number of aromatic nitrogens is 2. The number of aryl methyl sites for hydroxylation is 1. The number of ether oxygens (including phenoxy) is 1. The standard InChI is InChI=1S/C9H10N2O.Ar/c1-2-8-6-7-4-3-5-12-9(7)11-10-8;/h2,6H,1,3-5H2;. The molecule has 3 nitrogen and oxygen atoms in total. The first-order valence-electron chi connectivity index (χ1n) is 4.02. The predicted molar refractivity (Wildman–Crippen MR) is 45.9 cm³/mol. The molecule has 0 unspecified atom stereocenters. The van der Waals surface area contributed by atoms with Crippen LogP contribution in [0, 0.1) is 37.7 Å². The Labute approximate surface area is 107 Å². The van der Waals surface area contributed by atoms with Crippen LogP contribution >= 0.6 is 0 Å². The SMILES string of the molecule is C=Cc1cc2c(nn1)OCCC2.[Ar]. The number of hydrogen-bond acceptors (Lipinski definition) is 3. The van der Waals surface area contributed by atoms with Gasteiger partial charge in [0.05, 0.1) is 12.3 Å². The molecule has 0 saturated heterocycles. The van der Waals surface area contributed by atoms with E-state index in [0.717, 1.165) is 30.7 Å². The summed E-state index contributed by atoms with van der Waals surface area (Å²) in [5.74, 6) is 0.687. The summed E-state index contributed by atoms with van der Waals surface area (Å²) in [6.07, 6.45) is 3.79. The van der Waals surface area contributed by atoms with Crippen molar-refractivity contribution in [2.45, 2.75) is 12.8 Å². The zero-order valence-corrected chi connectivity index (χ0v) is 7.85. The van der Waals surface area contributed by atoms with Crippen molar-refractivity contribution >= 4 is 6.08 Å². The maximum atomic E-state index is 5.32. The number of hydrogen-bond donors (Lipinski definition) is 0. The van der Waals surface area contributed by atoms with Gasteiger partial charge in [0.25, 0.3) is 0 Å². The molecule has 0 atom stereocenters. The summed E-state index contributed by atoms with van der Waals surface area (Å²) < 4.78 is 5.32. The van der Waals surface area contributed by atoms with Crippen molar-refractivity contribution in [2.75, 3.05) is 6.61 Å². The van der Waals surface area contributed by atoms with Gasteiger partial charge >= 0.3 is 0 Å². The number of rotatable bonds is 1. The molecule has 0 radical (unpaired) electrons. The first kappa shape index (κ1) is 11.0. The quantitative estimate of drug-likeness (QED) is 0.691. The Morgan fingerprint density at radius 2 is 2.31 bits per heavy atom. The Hall–Kier alpha value is -0.120. The van der Waals surface area contributed by atoms with Crippen molar-refractivity contribution in [3.63, 3.8) is 0 Å². The Kier molecular flexibility index (Phi) is 4.16. The molecule has 1 aromatic heterocycles. The predicted octanol–water partition coefficient (Wildman–Crippen LogP) is 1.44. The summed E-state index contributed by atoms with van der Waals surface area (Å²) in [5, 5.41) is 7.86. The second kappa shape index (κ2) is 4.94. The average Bonchev–Trinajstić information content (AvgIpc) is 2.17. The molecular formula is C9H10ArN2O. The van der Waals surface area contributed by atoms with E-state index in [1.165, 1.54) is 0 Å². The molecule has 70 valence electrons. The molecule has 1 aliphatic heterocycles. The summed E-state index contributed by atoms with van der Waals surface area (Å²) in [5.41, 5.74) is 1.96. The van der Waals surface area contributed by atoms with Gasteiger partial charge in [-0.3, -0.25) is 0 Å². The Morgan fingerprint density at radius 3 is 3.08 bits per heavy atom. The minimum Gasteiger partial charge on any atom is -0.476 e. The number of nitrogens with zero attached hydrogens (tertiary/aromatic N) is 2. The minimum atomic E-state index is 0. The van der Waals surface area contributed by atoms with Crippen molar-refractivity contribution in [3.8, 4) is 5.88 Å². The molecule has 0 spiro atoms. The fraction of sp³-hybridized carbons (Fsp3) is 0.333. The molecule has 0 fully saturated rings. The molecule has 2 heterocycles. The first-order chi connectivity index (χ1) is 5.90. The van der Waals surface area contributed by atoms with Crippen molar-refractivity contribution in [3.05, 3.63) is 23.9 Å². The van der Waals surface area contributed by atoms with Gasteiger partial charge < -0.3 is 4.74 Å². The summed E-state index contributed by atoms with van der Waals surface area (Å²) in [7, 11) is 0. The third-order valence-corrected chi connectivity index (χ3v) is 1.89. The van der Waals surface area contributed by atoms with Gasteiger partial charge in [-0.25, -0.2) is 0 Å². The molecule has 0 N–H and O–H groups in total. The van der Waals surface area contributed by atoms with Crippen LogP contribution in [0.2, 0.25) is 0 Å². The molecule has 0 aliphatic carbocycles. The van der Waals surface area contributed by atoms with Crippen molar-refractivity contribution in [1.82, 2.24) is 10.2 Å². The smallest absolute Gasteiger partial charge is 0.236 e. The molecule has 4 heteroatoms. The van der Waals surface area contributed by atoms with E-state index in [4.69, 9.17) is 4.74 Å². The van der Waals surface area contributed by atoms with Crippen molar-refractivity contribution in [1.29, 1.82) is 0 Å². The maximum absolute atomic E-state index is 5.32. The van der Waals surface area contributed by atoms with E-state index in [1.807, 2.05) is 6.07 Å². The molecule has 1 aromatic rings. The average molecular weight is 202 g/mol. The number of fused-ring (bicyclic) bond motifs is 1. The van der Waals surface area contributed by atoms with Crippen molar-refractivity contribution < 1.29 is 42.5 Å². The summed E-state index contributed by atoms with van der Waals surface area (Å²) in [6, 6.07) is 1.98. The molecule has 1 aliphatic rings. The third kappa shape index (κ3) is 2.42. The van der Waals surface area contributed by atoms with Crippen LogP contribution in [0.4, 0.5) is 0 Å². The normalized spacial score (nSPS) is 13.5. The van der Waals surface area contributed by atoms with E-state index in [1.54, 1.807) is 6.08 Å². The fourth-order valence-electron chi connectivity index (χ4n) is 1.27. The molecule has 0 saturated carbocycles. The largest absolute Gasteiger partial charge is 0.476 e. The Balaban J connectivity index is 0.000000845. The molecule has 0 aromatic carbocycles. The van der Waals surface area contributed by atoms with Gasteiger partial charge in [-0.2, -0.15) is 0 Å². The van der Waals surface area contributed by atoms with Gasteiger partial charge in [-0.05, 0) is 25.0 Å². The van der Waals surface area contributed by atoms with Gasteiger partial charge in [0.1, 0.15) is 0 Å². The second-order valence-electron chi connectivity index (χ2n) is 2.76. The van der Waals surface area contributed by atoms with Gasteiger partial charge in [-0.1, -0.05) is 6.58 Å². The minimum absolute atomic E-state index is 0. The first-order valence-corrected chi connectivity index (χ1v) is 4.02. The molecular weight excluding hydrogens is 192 g/mol. The molecule has 13 heavy (non-hydrogen) atoms. The summed E-state index contributed by atoms with van der Waals surface area (Å²) in [4.78, 5) is 0. The summed E-state index contributed by atoms with van der Waals surface area (Å²) >= 11 is 0. The van der Waals surface area contributed by atoms with Gasteiger partial charge in [0, 0.05) is 43.3 Å². The zero-order chi connectivity index (χ0) is 8.39. The van der Waals surface area contributed by atoms with E-state index in [9.17, 15) is 0 Å². The van der Waals surface area contributed by atoms with Gasteiger partial charge in [0.15, 0.2) is 0 Å². The van der Waals surface area contributed by atoms with Crippen LogP contribution in [-0.4, -0.2) is 16.8 Å². The third-order valence-electron chi connectivity index (χ3n) is 1.89. The fourth-order valence-corrected chi connectivity index (χ4v) is 1.27. The summed E-state index contributed by atoms with van der Waals surface area (Å²) in [6.45, 7) is 4.40. The van der Waals surface area contributed by atoms with Crippen LogP contribution in [0.25, 0.3) is 6.08 Å². The van der Waals surface area contributed by atoms with Crippen LogP contribution in [0.1, 0.15) is 17.7 Å². The molecule has 0 amide bonds. The van der Waals surface area contributed by atoms with Crippen LogP contribution in [0.5, 0.6) is 5.88 Å². The van der Waals surface area contributed by atoms with E-state index in [2.05, 4.69) is 16.8 Å². The van der Waals surface area contributed by atoms with Gasteiger partial charge in [-0.15, -0.1) is 10.2 Å². The second-order valence-corrected chi connectivity index (χ2v) is 2.76. The monoisotopic (exact) mass is 202 g/mol. The Morgan fingerprint density at radius 1 is 1.46 bits per heavy atom. The Bertz CT molecular complexity index is 314. The maximum Gasteiger partial charge on any atom is 0.236 e. The van der Waals surface area contributed by atoms with E-state index >= 15 is 0 Å². The van der Waals surface area contributed by atoms with Gasteiger partial charge in [0.2, 0.25) is 5.88 Å². The van der Waals surface area contributed by atoms with Crippen LogP contribution in [0.3, 0.4) is 0 Å². The van der Waals surface area contributed by atoms with E-state index < -0.39 is 0 Å². The van der Waals surface area contributed by atoms with E-state index in [0.29, 0.717) is 5.88 Å². The topological polar surface area (TPSA) is 35.0 Å². The zero-order valence-electron chi connectivity index (χ0n) is 7.14. The van der Waals surface area contributed by atoms with Crippen LogP contribution in [0.15, 0.2) is 12.6 Å².